The minimum Gasteiger partial charge on any atom is -0.385 e. The van der Waals surface area contributed by atoms with Crippen LogP contribution in [0.2, 0.25) is 5.02 Å². The van der Waals surface area contributed by atoms with Gasteiger partial charge in [0.2, 0.25) is 0 Å². The van der Waals surface area contributed by atoms with Crippen molar-refractivity contribution >= 4 is 28.7 Å². The Bertz CT molecular complexity index is 309. The van der Waals surface area contributed by atoms with E-state index in [2.05, 4.69) is 0 Å². The molecule has 0 radical (unpaired) electrons. The summed E-state index contributed by atoms with van der Waals surface area (Å²) in [5.74, 6) is 0.0909. The highest BCUT2D eigenvalue weighted by Crippen LogP contribution is 2.25. The summed E-state index contributed by atoms with van der Waals surface area (Å²) in [6.45, 7) is 2.51. The van der Waals surface area contributed by atoms with Gasteiger partial charge in [-0.05, 0) is 17.9 Å². The van der Waals surface area contributed by atoms with Crippen LogP contribution in [0.4, 0.5) is 0 Å². The molecule has 0 aromatic carbocycles. The summed E-state index contributed by atoms with van der Waals surface area (Å²) < 4.78 is 4.93. The minimum atomic E-state index is -0.0221. The first-order chi connectivity index (χ1) is 6.66. The molecule has 1 aromatic heterocycles. The number of Topliss-reactive ketones (excluding diaryl/α,β-unsaturated/α-hetero) is 1. The molecule has 0 aliphatic heterocycles. The molecule has 1 unspecified atom stereocenters. The van der Waals surface area contributed by atoms with Crippen LogP contribution in [0.1, 0.15) is 23.0 Å². The predicted molar refractivity (Wildman–Crippen MR) is 59.3 cm³/mol. The van der Waals surface area contributed by atoms with Crippen LogP contribution in [0.3, 0.4) is 0 Å². The average molecular weight is 233 g/mol. The highest BCUT2D eigenvalue weighted by atomic mass is 35.5. The largest absolute Gasteiger partial charge is 0.385 e. The Kier molecular flexibility index (Phi) is 4.58. The Balaban J connectivity index is 2.61. The second-order valence-corrected chi connectivity index (χ2v) is 4.47. The number of carbonyl (C=O) groups excluding carboxylic acids is 1. The van der Waals surface area contributed by atoms with Gasteiger partial charge in [-0.1, -0.05) is 18.5 Å². The second kappa shape index (κ2) is 5.49. The summed E-state index contributed by atoms with van der Waals surface area (Å²) in [7, 11) is 1.63. The molecule has 0 amide bonds. The van der Waals surface area contributed by atoms with Crippen molar-refractivity contribution in [3.8, 4) is 0 Å². The lowest BCUT2D eigenvalue weighted by Gasteiger charge is -2.08. The van der Waals surface area contributed by atoms with Crippen LogP contribution in [-0.4, -0.2) is 19.5 Å². The summed E-state index contributed by atoms with van der Waals surface area (Å²) in [5, 5.41) is 2.39. The molecule has 0 saturated heterocycles. The molecule has 0 spiro atoms. The smallest absolute Gasteiger partial charge is 0.177 e. The number of ketones is 1. The Morgan fingerprint density at radius 1 is 1.71 bits per heavy atom. The van der Waals surface area contributed by atoms with Crippen LogP contribution in [0, 0.1) is 5.92 Å². The molecule has 0 bridgehead atoms. The molecule has 4 heteroatoms. The van der Waals surface area contributed by atoms with Crippen molar-refractivity contribution < 1.29 is 9.53 Å². The van der Waals surface area contributed by atoms with Crippen molar-refractivity contribution in [1.82, 2.24) is 0 Å². The van der Waals surface area contributed by atoms with Gasteiger partial charge in [0.05, 0.1) is 9.90 Å². The maximum Gasteiger partial charge on any atom is 0.177 e. The van der Waals surface area contributed by atoms with Gasteiger partial charge >= 0.3 is 0 Å². The van der Waals surface area contributed by atoms with E-state index in [1.165, 1.54) is 11.3 Å². The van der Waals surface area contributed by atoms with E-state index in [-0.39, 0.29) is 11.7 Å². The topological polar surface area (TPSA) is 26.3 Å². The third kappa shape index (κ3) is 2.80. The first kappa shape index (κ1) is 11.7. The molecule has 78 valence electrons. The number of ether oxygens (including phenoxy) is 1. The molecule has 0 aliphatic carbocycles. The van der Waals surface area contributed by atoms with Gasteiger partial charge in [0.25, 0.3) is 0 Å². The maximum atomic E-state index is 11.8. The molecule has 1 aromatic rings. The van der Waals surface area contributed by atoms with E-state index in [0.29, 0.717) is 16.5 Å². The molecular weight excluding hydrogens is 220 g/mol. The van der Waals surface area contributed by atoms with Crippen molar-refractivity contribution in [3.05, 3.63) is 21.3 Å². The Morgan fingerprint density at radius 3 is 2.93 bits per heavy atom. The van der Waals surface area contributed by atoms with E-state index in [1.807, 2.05) is 12.3 Å². The van der Waals surface area contributed by atoms with Crippen LogP contribution in [0.5, 0.6) is 0 Å². The molecule has 1 heterocycles. The maximum absolute atomic E-state index is 11.8. The molecular formula is C10H13ClO2S. The van der Waals surface area contributed by atoms with Gasteiger partial charge in [-0.3, -0.25) is 4.79 Å². The first-order valence-corrected chi connectivity index (χ1v) is 5.68. The van der Waals surface area contributed by atoms with Gasteiger partial charge in [0, 0.05) is 19.6 Å². The van der Waals surface area contributed by atoms with E-state index in [9.17, 15) is 4.79 Å². The summed E-state index contributed by atoms with van der Waals surface area (Å²) >= 11 is 7.27. The van der Waals surface area contributed by atoms with E-state index in [4.69, 9.17) is 16.3 Å². The highest BCUT2D eigenvalue weighted by molar-refractivity contribution is 7.12. The van der Waals surface area contributed by atoms with E-state index in [1.54, 1.807) is 13.2 Å². The fraction of sp³-hybridized carbons (Fsp3) is 0.500. The third-order valence-corrected chi connectivity index (χ3v) is 3.40. The van der Waals surface area contributed by atoms with Crippen molar-refractivity contribution in [3.63, 3.8) is 0 Å². The monoisotopic (exact) mass is 232 g/mol. The van der Waals surface area contributed by atoms with Gasteiger partial charge in [0.1, 0.15) is 0 Å². The zero-order valence-electron chi connectivity index (χ0n) is 8.25. The second-order valence-electron chi connectivity index (χ2n) is 3.14. The fourth-order valence-electron chi connectivity index (χ4n) is 1.12. The van der Waals surface area contributed by atoms with Crippen LogP contribution in [-0.2, 0) is 4.74 Å². The standard InChI is InChI=1S/C10H13ClO2S/c1-7(3-5-13-2)9(12)10-8(11)4-6-14-10/h4,6-7H,3,5H2,1-2H3. The molecule has 0 fully saturated rings. The third-order valence-electron chi connectivity index (χ3n) is 2.04. The van der Waals surface area contributed by atoms with Crippen molar-refractivity contribution in [2.75, 3.05) is 13.7 Å². The molecule has 1 atom stereocenters. The molecule has 1 rings (SSSR count). The summed E-state index contributed by atoms with van der Waals surface area (Å²) in [4.78, 5) is 12.5. The SMILES string of the molecule is COCCC(C)C(=O)c1sccc1Cl. The van der Waals surface area contributed by atoms with E-state index >= 15 is 0 Å². The first-order valence-electron chi connectivity index (χ1n) is 4.43. The number of hydrogen-bond donors (Lipinski definition) is 0. The fourth-order valence-corrected chi connectivity index (χ4v) is 2.32. The van der Waals surface area contributed by atoms with Crippen molar-refractivity contribution in [1.29, 1.82) is 0 Å². The molecule has 0 aliphatic rings. The summed E-state index contributed by atoms with van der Waals surface area (Å²) in [5.41, 5.74) is 0. The number of hydrogen-bond acceptors (Lipinski definition) is 3. The Morgan fingerprint density at radius 2 is 2.43 bits per heavy atom. The van der Waals surface area contributed by atoms with Crippen LogP contribution >= 0.6 is 22.9 Å². The normalized spacial score (nSPS) is 12.8. The van der Waals surface area contributed by atoms with Gasteiger partial charge in [-0.2, -0.15) is 0 Å². The molecule has 14 heavy (non-hydrogen) atoms. The Hall–Kier alpha value is -0.380. The molecule has 2 nitrogen and oxygen atoms in total. The van der Waals surface area contributed by atoms with E-state index < -0.39 is 0 Å². The zero-order valence-corrected chi connectivity index (χ0v) is 9.82. The lowest BCUT2D eigenvalue weighted by Crippen LogP contribution is -2.12. The number of thiophene rings is 1. The zero-order chi connectivity index (χ0) is 10.6. The summed E-state index contributed by atoms with van der Waals surface area (Å²) in [6, 6.07) is 1.75. The van der Waals surface area contributed by atoms with Crippen LogP contribution in [0.25, 0.3) is 0 Å². The number of halogens is 1. The lowest BCUT2D eigenvalue weighted by atomic mass is 10.0. The van der Waals surface area contributed by atoms with Gasteiger partial charge < -0.3 is 4.74 Å². The van der Waals surface area contributed by atoms with Gasteiger partial charge in [0.15, 0.2) is 5.78 Å². The average Bonchev–Trinajstić information content (AvgIpc) is 2.59. The summed E-state index contributed by atoms with van der Waals surface area (Å²) in [6.07, 6.45) is 0.740. The highest BCUT2D eigenvalue weighted by Gasteiger charge is 2.18. The number of carbonyl (C=O) groups is 1. The predicted octanol–water partition coefficient (Wildman–Crippen LogP) is 3.26. The van der Waals surface area contributed by atoms with Gasteiger partial charge in [-0.15, -0.1) is 11.3 Å². The van der Waals surface area contributed by atoms with Crippen molar-refractivity contribution in [2.45, 2.75) is 13.3 Å². The minimum absolute atomic E-state index is 0.0221. The van der Waals surface area contributed by atoms with E-state index in [0.717, 1.165) is 6.42 Å². The molecule has 0 N–H and O–H groups in total. The quantitative estimate of drug-likeness (QED) is 0.729. The Labute approximate surface area is 92.8 Å². The van der Waals surface area contributed by atoms with Gasteiger partial charge in [-0.25, -0.2) is 0 Å². The van der Waals surface area contributed by atoms with Crippen LogP contribution < -0.4 is 0 Å². The van der Waals surface area contributed by atoms with Crippen LogP contribution in [0.15, 0.2) is 11.4 Å². The number of methoxy groups -OCH3 is 1. The number of rotatable bonds is 5. The van der Waals surface area contributed by atoms with Crippen molar-refractivity contribution in [2.24, 2.45) is 5.92 Å². The lowest BCUT2D eigenvalue weighted by molar-refractivity contribution is 0.0898. The molecule has 0 saturated carbocycles.